The van der Waals surface area contributed by atoms with Gasteiger partial charge in [-0.3, -0.25) is 0 Å². The molecule has 1 heteroatoms. The first-order valence-electron chi connectivity index (χ1n) is 3.08. The first-order chi connectivity index (χ1) is 3.81. The summed E-state index contributed by atoms with van der Waals surface area (Å²) < 4.78 is 0.752. The van der Waals surface area contributed by atoms with Crippen LogP contribution in [-0.4, -0.2) is 3.92 Å². The molecule has 0 spiro atoms. The smallest absolute Gasteiger partial charge is 0.0289 e. The summed E-state index contributed by atoms with van der Waals surface area (Å²) in [6, 6.07) is 0. The van der Waals surface area contributed by atoms with E-state index >= 15 is 0 Å². The fourth-order valence-corrected chi connectivity index (χ4v) is 1.62. The van der Waals surface area contributed by atoms with Crippen LogP contribution in [0, 0.1) is 0 Å². The number of allylic oxidation sites excluding steroid dienone is 2. The van der Waals surface area contributed by atoms with E-state index in [4.69, 9.17) is 0 Å². The zero-order chi connectivity index (χ0) is 6.41. The SMILES string of the molecule is CC=CC(I)CCC. The molecule has 0 saturated heterocycles. The molecule has 0 bridgehead atoms. The summed E-state index contributed by atoms with van der Waals surface area (Å²) in [6.07, 6.45) is 6.96. The molecule has 0 heterocycles. The summed E-state index contributed by atoms with van der Waals surface area (Å²) in [5.41, 5.74) is 0. The van der Waals surface area contributed by atoms with E-state index in [1.165, 1.54) is 12.8 Å². The fraction of sp³-hybridized carbons (Fsp3) is 0.714. The van der Waals surface area contributed by atoms with E-state index in [0.29, 0.717) is 0 Å². The van der Waals surface area contributed by atoms with Crippen molar-refractivity contribution in [1.29, 1.82) is 0 Å². The lowest BCUT2D eigenvalue weighted by Crippen LogP contribution is -1.88. The highest BCUT2D eigenvalue weighted by Gasteiger charge is 1.92. The van der Waals surface area contributed by atoms with Crippen LogP contribution in [0.4, 0.5) is 0 Å². The molecule has 0 N–H and O–H groups in total. The first kappa shape index (κ1) is 8.47. The zero-order valence-electron chi connectivity index (χ0n) is 5.52. The van der Waals surface area contributed by atoms with Gasteiger partial charge in [0.25, 0.3) is 0 Å². The molecular weight excluding hydrogens is 211 g/mol. The average Bonchev–Trinajstić information content (AvgIpc) is 1.68. The topological polar surface area (TPSA) is 0 Å². The Morgan fingerprint density at radius 1 is 1.62 bits per heavy atom. The molecule has 0 amide bonds. The molecule has 0 radical (unpaired) electrons. The molecule has 0 aromatic rings. The number of alkyl halides is 1. The van der Waals surface area contributed by atoms with Gasteiger partial charge in [-0.05, 0) is 13.3 Å². The Morgan fingerprint density at radius 2 is 2.25 bits per heavy atom. The molecule has 0 aliphatic carbocycles. The van der Waals surface area contributed by atoms with Gasteiger partial charge < -0.3 is 0 Å². The van der Waals surface area contributed by atoms with Gasteiger partial charge in [0, 0.05) is 3.92 Å². The van der Waals surface area contributed by atoms with Gasteiger partial charge in [0.1, 0.15) is 0 Å². The van der Waals surface area contributed by atoms with Crippen LogP contribution in [0.2, 0.25) is 0 Å². The second kappa shape index (κ2) is 5.60. The van der Waals surface area contributed by atoms with E-state index in [2.05, 4.69) is 48.6 Å². The Kier molecular flexibility index (Phi) is 5.93. The van der Waals surface area contributed by atoms with Gasteiger partial charge in [0.2, 0.25) is 0 Å². The van der Waals surface area contributed by atoms with Gasteiger partial charge >= 0.3 is 0 Å². The summed E-state index contributed by atoms with van der Waals surface area (Å²) in [4.78, 5) is 0. The van der Waals surface area contributed by atoms with Crippen LogP contribution >= 0.6 is 22.6 Å². The summed E-state index contributed by atoms with van der Waals surface area (Å²) in [7, 11) is 0. The Bertz CT molecular complexity index is 66.8. The second-order valence-electron chi connectivity index (χ2n) is 1.83. The summed E-state index contributed by atoms with van der Waals surface area (Å²) in [6.45, 7) is 4.29. The Labute approximate surface area is 65.5 Å². The first-order valence-corrected chi connectivity index (χ1v) is 4.32. The largest absolute Gasteiger partial charge is 0.0906 e. The normalized spacial score (nSPS) is 14.9. The van der Waals surface area contributed by atoms with Crippen LogP contribution in [0.3, 0.4) is 0 Å². The van der Waals surface area contributed by atoms with Crippen molar-refractivity contribution in [2.45, 2.75) is 30.6 Å². The zero-order valence-corrected chi connectivity index (χ0v) is 7.68. The third kappa shape index (κ3) is 4.62. The maximum absolute atomic E-state index is 2.45. The summed E-state index contributed by atoms with van der Waals surface area (Å²) >= 11 is 2.45. The maximum Gasteiger partial charge on any atom is 0.0289 e. The highest BCUT2D eigenvalue weighted by Crippen LogP contribution is 2.08. The molecular formula is C7H13I. The summed E-state index contributed by atoms with van der Waals surface area (Å²) in [5, 5.41) is 0. The van der Waals surface area contributed by atoms with Crippen LogP contribution in [-0.2, 0) is 0 Å². The van der Waals surface area contributed by atoms with E-state index in [1.807, 2.05) is 0 Å². The number of hydrogen-bond acceptors (Lipinski definition) is 0. The average molecular weight is 224 g/mol. The Hall–Kier alpha value is 0.470. The van der Waals surface area contributed by atoms with Crippen LogP contribution in [0.5, 0.6) is 0 Å². The lowest BCUT2D eigenvalue weighted by molar-refractivity contribution is 0.844. The second-order valence-corrected chi connectivity index (χ2v) is 3.43. The minimum absolute atomic E-state index is 0.752. The highest BCUT2D eigenvalue weighted by molar-refractivity contribution is 14.1. The Balaban J connectivity index is 3.17. The maximum atomic E-state index is 2.45. The third-order valence-electron chi connectivity index (χ3n) is 0.966. The molecule has 0 aliphatic heterocycles. The van der Waals surface area contributed by atoms with Crippen LogP contribution in [0.15, 0.2) is 12.2 Å². The molecule has 48 valence electrons. The highest BCUT2D eigenvalue weighted by atomic mass is 127. The molecule has 1 unspecified atom stereocenters. The van der Waals surface area contributed by atoms with Gasteiger partial charge in [-0.1, -0.05) is 48.1 Å². The predicted octanol–water partition coefficient (Wildman–Crippen LogP) is 3.17. The van der Waals surface area contributed by atoms with Gasteiger partial charge in [0.15, 0.2) is 0 Å². The van der Waals surface area contributed by atoms with E-state index in [-0.39, 0.29) is 0 Å². The molecule has 0 aromatic carbocycles. The van der Waals surface area contributed by atoms with Gasteiger partial charge in [0.05, 0.1) is 0 Å². The van der Waals surface area contributed by atoms with Gasteiger partial charge in [-0.15, -0.1) is 0 Å². The van der Waals surface area contributed by atoms with Crippen molar-refractivity contribution >= 4 is 22.6 Å². The number of halogens is 1. The van der Waals surface area contributed by atoms with Crippen molar-refractivity contribution in [3.05, 3.63) is 12.2 Å². The minimum Gasteiger partial charge on any atom is -0.0906 e. The molecule has 0 rings (SSSR count). The molecule has 0 saturated carbocycles. The van der Waals surface area contributed by atoms with Crippen molar-refractivity contribution in [2.75, 3.05) is 0 Å². The lowest BCUT2D eigenvalue weighted by atomic mass is 10.2. The van der Waals surface area contributed by atoms with Gasteiger partial charge in [-0.2, -0.15) is 0 Å². The monoisotopic (exact) mass is 224 g/mol. The standard InChI is InChI=1S/C7H13I/c1-3-5-7(8)6-4-2/h3,5,7H,4,6H2,1-2H3. The van der Waals surface area contributed by atoms with Crippen molar-refractivity contribution in [3.63, 3.8) is 0 Å². The van der Waals surface area contributed by atoms with E-state index in [9.17, 15) is 0 Å². The van der Waals surface area contributed by atoms with Crippen LogP contribution in [0.25, 0.3) is 0 Å². The molecule has 0 fully saturated rings. The lowest BCUT2D eigenvalue weighted by Gasteiger charge is -1.97. The minimum atomic E-state index is 0.752. The fourth-order valence-electron chi connectivity index (χ4n) is 0.581. The van der Waals surface area contributed by atoms with Crippen molar-refractivity contribution in [2.24, 2.45) is 0 Å². The van der Waals surface area contributed by atoms with Crippen LogP contribution < -0.4 is 0 Å². The third-order valence-corrected chi connectivity index (χ3v) is 2.00. The van der Waals surface area contributed by atoms with Crippen molar-refractivity contribution < 1.29 is 0 Å². The molecule has 0 nitrogen and oxygen atoms in total. The summed E-state index contributed by atoms with van der Waals surface area (Å²) in [5.74, 6) is 0. The molecule has 0 aliphatic rings. The Morgan fingerprint density at radius 3 is 2.62 bits per heavy atom. The van der Waals surface area contributed by atoms with E-state index in [0.717, 1.165) is 3.92 Å². The van der Waals surface area contributed by atoms with Crippen molar-refractivity contribution in [1.82, 2.24) is 0 Å². The van der Waals surface area contributed by atoms with E-state index in [1.54, 1.807) is 0 Å². The van der Waals surface area contributed by atoms with Crippen molar-refractivity contribution in [3.8, 4) is 0 Å². The number of hydrogen-bond donors (Lipinski definition) is 0. The molecule has 0 aromatic heterocycles. The van der Waals surface area contributed by atoms with E-state index < -0.39 is 0 Å². The van der Waals surface area contributed by atoms with Gasteiger partial charge in [-0.25, -0.2) is 0 Å². The predicted molar refractivity (Wildman–Crippen MR) is 47.5 cm³/mol. The number of rotatable bonds is 3. The molecule has 8 heavy (non-hydrogen) atoms. The molecule has 1 atom stereocenters. The van der Waals surface area contributed by atoms with Crippen LogP contribution in [0.1, 0.15) is 26.7 Å². The quantitative estimate of drug-likeness (QED) is 0.392.